The van der Waals surface area contributed by atoms with Crippen LogP contribution in [0.2, 0.25) is 0 Å². The van der Waals surface area contributed by atoms with Gasteiger partial charge in [0.05, 0.1) is 5.69 Å². The number of thiophene rings is 1. The molecule has 3 rings (SSSR count). The third-order valence-electron chi connectivity index (χ3n) is 4.68. The number of anilines is 1. The highest BCUT2D eigenvalue weighted by molar-refractivity contribution is 7.11. The molecule has 1 aromatic carbocycles. The summed E-state index contributed by atoms with van der Waals surface area (Å²) in [6.45, 7) is 8.69. The molecular formula is C20H23FN2OS. The number of likely N-dealkylation sites (N-methyl/N-ethyl adjacent to an activating group) is 1. The van der Waals surface area contributed by atoms with Gasteiger partial charge in [-0.25, -0.2) is 4.39 Å². The molecule has 25 heavy (non-hydrogen) atoms. The fraction of sp³-hybridized carbons (Fsp3) is 0.350. The van der Waals surface area contributed by atoms with Crippen LogP contribution in [0.25, 0.3) is 6.08 Å². The highest BCUT2D eigenvalue weighted by Crippen LogP contribution is 2.23. The van der Waals surface area contributed by atoms with Gasteiger partial charge in [0, 0.05) is 36.6 Å². The van der Waals surface area contributed by atoms with Crippen molar-refractivity contribution in [2.24, 2.45) is 0 Å². The summed E-state index contributed by atoms with van der Waals surface area (Å²) in [5.74, 6) is -0.495. The van der Waals surface area contributed by atoms with Crippen molar-refractivity contribution in [3.63, 3.8) is 0 Å². The van der Waals surface area contributed by atoms with Gasteiger partial charge in [-0.1, -0.05) is 6.92 Å². The Morgan fingerprint density at radius 2 is 2.00 bits per heavy atom. The van der Waals surface area contributed by atoms with Gasteiger partial charge < -0.3 is 9.80 Å². The van der Waals surface area contributed by atoms with E-state index in [0.29, 0.717) is 11.3 Å². The van der Waals surface area contributed by atoms with Crippen LogP contribution in [0.5, 0.6) is 0 Å². The number of carbonyl (C=O) groups excluding carboxylic acids is 1. The van der Waals surface area contributed by atoms with Crippen LogP contribution in [0, 0.1) is 12.7 Å². The van der Waals surface area contributed by atoms with Crippen molar-refractivity contribution in [2.75, 3.05) is 37.6 Å². The summed E-state index contributed by atoms with van der Waals surface area (Å²) in [7, 11) is 0. The van der Waals surface area contributed by atoms with Crippen LogP contribution >= 0.6 is 11.3 Å². The molecule has 0 bridgehead atoms. The number of rotatable bonds is 5. The van der Waals surface area contributed by atoms with Crippen LogP contribution in [0.4, 0.5) is 10.1 Å². The largest absolute Gasteiger partial charge is 0.367 e. The maximum Gasteiger partial charge on any atom is 0.185 e. The van der Waals surface area contributed by atoms with E-state index in [1.54, 1.807) is 29.5 Å². The first-order valence-electron chi connectivity index (χ1n) is 8.62. The zero-order valence-corrected chi connectivity index (χ0v) is 15.5. The Hall–Kier alpha value is -1.98. The molecule has 2 aromatic rings. The SMILES string of the molecule is CCN1CCN(c2ccc(C(=O)/C=C/c3sccc3C)cc2F)CC1. The zero-order valence-electron chi connectivity index (χ0n) is 14.7. The van der Waals surface area contributed by atoms with Gasteiger partial charge in [0.15, 0.2) is 5.78 Å². The molecule has 1 saturated heterocycles. The van der Waals surface area contributed by atoms with E-state index < -0.39 is 0 Å². The highest BCUT2D eigenvalue weighted by Gasteiger charge is 2.19. The van der Waals surface area contributed by atoms with Crippen molar-refractivity contribution in [3.8, 4) is 0 Å². The molecule has 0 N–H and O–H groups in total. The quantitative estimate of drug-likeness (QED) is 0.590. The lowest BCUT2D eigenvalue weighted by atomic mass is 10.1. The molecule has 5 heteroatoms. The lowest BCUT2D eigenvalue weighted by molar-refractivity contribution is 0.104. The summed E-state index contributed by atoms with van der Waals surface area (Å²) in [5, 5.41) is 1.99. The van der Waals surface area contributed by atoms with Gasteiger partial charge in [-0.3, -0.25) is 4.79 Å². The van der Waals surface area contributed by atoms with Gasteiger partial charge in [-0.15, -0.1) is 11.3 Å². The Balaban J connectivity index is 1.70. The maximum absolute atomic E-state index is 14.5. The van der Waals surface area contributed by atoms with Crippen molar-refractivity contribution in [1.29, 1.82) is 0 Å². The molecule has 1 aliphatic heterocycles. The number of hydrogen-bond donors (Lipinski definition) is 0. The molecule has 0 amide bonds. The Kier molecular flexibility index (Phi) is 5.66. The molecule has 0 atom stereocenters. The number of hydrogen-bond acceptors (Lipinski definition) is 4. The predicted molar refractivity (Wildman–Crippen MR) is 103 cm³/mol. The van der Waals surface area contributed by atoms with Crippen LogP contribution in [0.3, 0.4) is 0 Å². The minimum absolute atomic E-state index is 0.172. The average molecular weight is 358 g/mol. The van der Waals surface area contributed by atoms with E-state index in [9.17, 15) is 9.18 Å². The zero-order chi connectivity index (χ0) is 17.8. The van der Waals surface area contributed by atoms with Crippen molar-refractivity contribution in [3.05, 3.63) is 57.5 Å². The second kappa shape index (κ2) is 7.93. The molecule has 0 saturated carbocycles. The third-order valence-corrected chi connectivity index (χ3v) is 5.66. The summed E-state index contributed by atoms with van der Waals surface area (Å²) < 4.78 is 14.5. The minimum atomic E-state index is -0.323. The molecule has 0 radical (unpaired) electrons. The average Bonchev–Trinajstić information content (AvgIpc) is 3.04. The first-order valence-corrected chi connectivity index (χ1v) is 9.50. The van der Waals surface area contributed by atoms with Crippen LogP contribution in [-0.4, -0.2) is 43.4 Å². The molecular weight excluding hydrogens is 335 g/mol. The molecule has 3 nitrogen and oxygen atoms in total. The van der Waals surface area contributed by atoms with E-state index in [1.165, 1.54) is 12.1 Å². The Bertz CT molecular complexity index is 776. The van der Waals surface area contributed by atoms with Crippen molar-refractivity contribution >= 4 is 28.9 Å². The molecule has 1 aliphatic rings. The van der Waals surface area contributed by atoms with E-state index in [2.05, 4.69) is 16.7 Å². The summed E-state index contributed by atoms with van der Waals surface area (Å²) >= 11 is 1.59. The Morgan fingerprint density at radius 1 is 1.24 bits per heavy atom. The van der Waals surface area contributed by atoms with E-state index in [4.69, 9.17) is 0 Å². The molecule has 0 spiro atoms. The number of aryl methyl sites for hydroxylation is 1. The number of piperazine rings is 1. The number of carbonyl (C=O) groups is 1. The number of benzene rings is 1. The van der Waals surface area contributed by atoms with E-state index >= 15 is 0 Å². The first kappa shape index (κ1) is 17.8. The Labute approximate surface area is 152 Å². The Morgan fingerprint density at radius 3 is 2.60 bits per heavy atom. The maximum atomic E-state index is 14.5. The van der Waals surface area contributed by atoms with Gasteiger partial charge in [-0.05, 0) is 60.8 Å². The van der Waals surface area contributed by atoms with Gasteiger partial charge in [0.25, 0.3) is 0 Å². The molecule has 132 valence electrons. The third kappa shape index (κ3) is 4.17. The molecule has 1 aromatic heterocycles. The number of allylic oxidation sites excluding steroid dienone is 1. The molecule has 2 heterocycles. The number of ketones is 1. The second-order valence-electron chi connectivity index (χ2n) is 6.25. The first-order chi connectivity index (χ1) is 12.1. The predicted octanol–water partition coefficient (Wildman–Crippen LogP) is 4.23. The normalized spacial score (nSPS) is 15.9. The summed E-state index contributed by atoms with van der Waals surface area (Å²) in [6, 6.07) is 6.82. The topological polar surface area (TPSA) is 23.6 Å². The standard InChI is InChI=1S/C20H23FN2OS/c1-3-22-9-11-23(12-10-22)18-5-4-16(14-17(18)21)19(24)6-7-20-15(2)8-13-25-20/h4-8,13-14H,3,9-12H2,1-2H3/b7-6+. The summed E-state index contributed by atoms with van der Waals surface area (Å²) in [6.07, 6.45) is 3.32. The number of nitrogens with zero attached hydrogens (tertiary/aromatic N) is 2. The molecule has 1 fully saturated rings. The highest BCUT2D eigenvalue weighted by atomic mass is 32.1. The van der Waals surface area contributed by atoms with Crippen molar-refractivity contribution in [1.82, 2.24) is 4.90 Å². The van der Waals surface area contributed by atoms with Gasteiger partial charge in [-0.2, -0.15) is 0 Å². The lowest BCUT2D eigenvalue weighted by Crippen LogP contribution is -2.46. The molecule has 0 unspecified atom stereocenters. The second-order valence-corrected chi connectivity index (χ2v) is 7.20. The minimum Gasteiger partial charge on any atom is -0.367 e. The van der Waals surface area contributed by atoms with E-state index in [1.807, 2.05) is 18.4 Å². The number of halogens is 1. The van der Waals surface area contributed by atoms with Crippen LogP contribution in [0.1, 0.15) is 27.7 Å². The lowest BCUT2D eigenvalue weighted by Gasteiger charge is -2.35. The van der Waals surface area contributed by atoms with Crippen molar-refractivity contribution in [2.45, 2.75) is 13.8 Å². The summed E-state index contributed by atoms with van der Waals surface area (Å²) in [4.78, 5) is 17.8. The fourth-order valence-corrected chi connectivity index (χ4v) is 3.84. The fourth-order valence-electron chi connectivity index (χ4n) is 3.02. The van der Waals surface area contributed by atoms with E-state index in [0.717, 1.165) is 43.2 Å². The molecule has 0 aliphatic carbocycles. The van der Waals surface area contributed by atoms with Gasteiger partial charge in [0.2, 0.25) is 0 Å². The van der Waals surface area contributed by atoms with Crippen LogP contribution < -0.4 is 4.90 Å². The van der Waals surface area contributed by atoms with E-state index in [-0.39, 0.29) is 11.6 Å². The van der Waals surface area contributed by atoms with Gasteiger partial charge in [0.1, 0.15) is 5.82 Å². The summed E-state index contributed by atoms with van der Waals surface area (Å²) in [5.41, 5.74) is 2.12. The van der Waals surface area contributed by atoms with Crippen LogP contribution in [-0.2, 0) is 0 Å². The smallest absolute Gasteiger partial charge is 0.185 e. The van der Waals surface area contributed by atoms with Gasteiger partial charge >= 0.3 is 0 Å². The van der Waals surface area contributed by atoms with Crippen molar-refractivity contribution < 1.29 is 9.18 Å². The van der Waals surface area contributed by atoms with Crippen LogP contribution in [0.15, 0.2) is 35.7 Å². The monoisotopic (exact) mass is 358 g/mol.